The molecule has 6 heteroatoms. The zero-order valence-corrected chi connectivity index (χ0v) is 11.1. The summed E-state index contributed by atoms with van der Waals surface area (Å²) in [6.07, 6.45) is -4.04. The molecule has 0 bridgehead atoms. The second kappa shape index (κ2) is 5.55. The largest absolute Gasteiger partial charge is 0.478 e. The number of nitrogens with zero attached hydrogens (tertiary/aromatic N) is 1. The first-order valence-corrected chi connectivity index (χ1v) is 6.23. The van der Waals surface area contributed by atoms with E-state index in [0.717, 1.165) is 12.1 Å². The standard InChI is InChI=1S/C15H12F3NO2/c1-2-12-11(14(20)21)6-7-13(19-12)9-4-3-5-10(8-9)15(16,17)18/h3-8H,2H2,1H3,(H,20,21). The van der Waals surface area contributed by atoms with Crippen LogP contribution in [0.4, 0.5) is 13.2 Å². The van der Waals surface area contributed by atoms with Crippen LogP contribution in [0.5, 0.6) is 0 Å². The van der Waals surface area contributed by atoms with Crippen molar-refractivity contribution in [3.63, 3.8) is 0 Å². The molecule has 0 aliphatic heterocycles. The van der Waals surface area contributed by atoms with Gasteiger partial charge in [-0.2, -0.15) is 13.2 Å². The third-order valence-corrected chi connectivity index (χ3v) is 3.03. The Morgan fingerprint density at radius 3 is 2.52 bits per heavy atom. The van der Waals surface area contributed by atoms with Crippen molar-refractivity contribution in [3.8, 4) is 11.3 Å². The molecule has 0 spiro atoms. The number of rotatable bonds is 3. The van der Waals surface area contributed by atoms with E-state index in [1.807, 2.05) is 0 Å². The molecule has 0 saturated heterocycles. The Morgan fingerprint density at radius 2 is 1.95 bits per heavy atom. The third-order valence-electron chi connectivity index (χ3n) is 3.03. The van der Waals surface area contributed by atoms with Crippen LogP contribution < -0.4 is 0 Å². The van der Waals surface area contributed by atoms with Crippen molar-refractivity contribution in [1.29, 1.82) is 0 Å². The number of halogens is 3. The molecule has 1 aromatic carbocycles. The van der Waals surface area contributed by atoms with Crippen molar-refractivity contribution in [3.05, 3.63) is 53.2 Å². The van der Waals surface area contributed by atoms with Gasteiger partial charge in [0.05, 0.1) is 22.5 Å². The maximum absolute atomic E-state index is 12.7. The van der Waals surface area contributed by atoms with Crippen molar-refractivity contribution in [2.45, 2.75) is 19.5 Å². The number of carboxylic acid groups (broad SMARTS) is 1. The van der Waals surface area contributed by atoms with Gasteiger partial charge >= 0.3 is 12.1 Å². The van der Waals surface area contributed by atoms with E-state index in [9.17, 15) is 18.0 Å². The van der Waals surface area contributed by atoms with Crippen molar-refractivity contribution in [2.24, 2.45) is 0 Å². The molecule has 2 aromatic rings. The number of aromatic nitrogens is 1. The summed E-state index contributed by atoms with van der Waals surface area (Å²) in [5, 5.41) is 9.02. The zero-order valence-electron chi connectivity index (χ0n) is 11.1. The lowest BCUT2D eigenvalue weighted by atomic mass is 10.0. The Labute approximate surface area is 119 Å². The fourth-order valence-electron chi connectivity index (χ4n) is 1.98. The maximum Gasteiger partial charge on any atom is 0.416 e. The Hall–Kier alpha value is -2.37. The smallest absolute Gasteiger partial charge is 0.416 e. The summed E-state index contributed by atoms with van der Waals surface area (Å²) in [4.78, 5) is 15.2. The number of carbonyl (C=O) groups is 1. The summed E-state index contributed by atoms with van der Waals surface area (Å²) in [5.41, 5.74) is 0.271. The molecule has 0 saturated carbocycles. The lowest BCUT2D eigenvalue weighted by Gasteiger charge is -2.10. The Kier molecular flexibility index (Phi) is 3.97. The number of hydrogen-bond acceptors (Lipinski definition) is 2. The van der Waals surface area contributed by atoms with Crippen LogP contribution >= 0.6 is 0 Å². The van der Waals surface area contributed by atoms with Crippen LogP contribution in [0.3, 0.4) is 0 Å². The van der Waals surface area contributed by atoms with Crippen LogP contribution in [0, 0.1) is 0 Å². The van der Waals surface area contributed by atoms with Crippen LogP contribution in [0.25, 0.3) is 11.3 Å². The molecular formula is C15H12F3NO2. The van der Waals surface area contributed by atoms with Gasteiger partial charge in [0.15, 0.2) is 0 Å². The van der Waals surface area contributed by atoms with E-state index in [-0.39, 0.29) is 5.56 Å². The van der Waals surface area contributed by atoms with E-state index in [1.165, 1.54) is 24.3 Å². The molecule has 110 valence electrons. The summed E-state index contributed by atoms with van der Waals surface area (Å²) < 4.78 is 38.1. The maximum atomic E-state index is 12.7. The molecule has 1 aromatic heterocycles. The highest BCUT2D eigenvalue weighted by molar-refractivity contribution is 5.89. The minimum absolute atomic E-state index is 0.0632. The van der Waals surface area contributed by atoms with E-state index < -0.39 is 17.7 Å². The molecule has 0 atom stereocenters. The van der Waals surface area contributed by atoms with E-state index >= 15 is 0 Å². The monoisotopic (exact) mass is 295 g/mol. The Morgan fingerprint density at radius 1 is 1.24 bits per heavy atom. The van der Waals surface area contributed by atoms with Gasteiger partial charge < -0.3 is 5.11 Å². The van der Waals surface area contributed by atoms with Gasteiger partial charge in [-0.1, -0.05) is 19.1 Å². The minimum Gasteiger partial charge on any atom is -0.478 e. The van der Waals surface area contributed by atoms with Gasteiger partial charge in [0.25, 0.3) is 0 Å². The highest BCUT2D eigenvalue weighted by Gasteiger charge is 2.30. The van der Waals surface area contributed by atoms with Crippen LogP contribution in [0.15, 0.2) is 36.4 Å². The second-order valence-electron chi connectivity index (χ2n) is 4.43. The molecule has 0 fully saturated rings. The lowest BCUT2D eigenvalue weighted by molar-refractivity contribution is -0.137. The fraction of sp³-hybridized carbons (Fsp3) is 0.200. The molecule has 1 heterocycles. The van der Waals surface area contributed by atoms with Gasteiger partial charge in [-0.15, -0.1) is 0 Å². The average molecular weight is 295 g/mol. The number of aromatic carboxylic acids is 1. The predicted octanol–water partition coefficient (Wildman–Crippen LogP) is 4.03. The topological polar surface area (TPSA) is 50.2 Å². The SMILES string of the molecule is CCc1nc(-c2cccc(C(F)(F)F)c2)ccc1C(=O)O. The molecule has 0 unspecified atom stereocenters. The molecule has 21 heavy (non-hydrogen) atoms. The first kappa shape index (κ1) is 15.0. The Balaban J connectivity index is 2.50. The fourth-order valence-corrected chi connectivity index (χ4v) is 1.98. The molecule has 1 N–H and O–H groups in total. The van der Waals surface area contributed by atoms with Crippen molar-refractivity contribution >= 4 is 5.97 Å². The number of alkyl halides is 3. The zero-order chi connectivity index (χ0) is 15.6. The van der Waals surface area contributed by atoms with Crippen molar-refractivity contribution in [2.75, 3.05) is 0 Å². The number of hydrogen-bond donors (Lipinski definition) is 1. The van der Waals surface area contributed by atoms with Gasteiger partial charge in [0.2, 0.25) is 0 Å². The van der Waals surface area contributed by atoms with E-state index in [1.54, 1.807) is 6.92 Å². The highest BCUT2D eigenvalue weighted by Crippen LogP contribution is 2.31. The highest BCUT2D eigenvalue weighted by atomic mass is 19.4. The van der Waals surface area contributed by atoms with Crippen molar-refractivity contribution < 1.29 is 23.1 Å². The average Bonchev–Trinajstić information content (AvgIpc) is 2.45. The summed E-state index contributed by atoms with van der Waals surface area (Å²) in [5.74, 6) is -1.10. The minimum atomic E-state index is -4.43. The van der Waals surface area contributed by atoms with Crippen LogP contribution in [0.2, 0.25) is 0 Å². The van der Waals surface area contributed by atoms with Gasteiger partial charge in [-0.25, -0.2) is 4.79 Å². The predicted molar refractivity (Wildman–Crippen MR) is 71.0 cm³/mol. The summed E-state index contributed by atoms with van der Waals surface area (Å²) >= 11 is 0. The van der Waals surface area contributed by atoms with Crippen LogP contribution in [-0.4, -0.2) is 16.1 Å². The van der Waals surface area contributed by atoms with Gasteiger partial charge in [-0.3, -0.25) is 4.98 Å². The van der Waals surface area contributed by atoms with Crippen LogP contribution in [-0.2, 0) is 12.6 Å². The summed E-state index contributed by atoms with van der Waals surface area (Å²) in [7, 11) is 0. The number of pyridine rings is 1. The first-order chi connectivity index (χ1) is 9.82. The second-order valence-corrected chi connectivity index (χ2v) is 4.43. The molecule has 3 nitrogen and oxygen atoms in total. The molecule has 0 aliphatic carbocycles. The van der Waals surface area contributed by atoms with Gasteiger partial charge in [-0.05, 0) is 30.7 Å². The Bertz CT molecular complexity index is 681. The van der Waals surface area contributed by atoms with E-state index in [2.05, 4.69) is 4.98 Å². The lowest BCUT2D eigenvalue weighted by Crippen LogP contribution is -2.06. The molecule has 0 amide bonds. The number of carboxylic acids is 1. The number of benzene rings is 1. The summed E-state index contributed by atoms with van der Waals surface area (Å²) in [6.45, 7) is 1.74. The van der Waals surface area contributed by atoms with Gasteiger partial charge in [0.1, 0.15) is 0 Å². The molecule has 0 aliphatic rings. The van der Waals surface area contributed by atoms with Crippen LogP contribution in [0.1, 0.15) is 28.5 Å². The molecule has 2 rings (SSSR count). The molecular weight excluding hydrogens is 283 g/mol. The van der Waals surface area contributed by atoms with Gasteiger partial charge in [0, 0.05) is 5.56 Å². The van der Waals surface area contributed by atoms with E-state index in [0.29, 0.717) is 23.4 Å². The van der Waals surface area contributed by atoms with E-state index in [4.69, 9.17) is 5.11 Å². The summed E-state index contributed by atoms with van der Waals surface area (Å²) in [6, 6.07) is 7.58. The van der Waals surface area contributed by atoms with Crippen molar-refractivity contribution in [1.82, 2.24) is 4.98 Å². The normalized spacial score (nSPS) is 11.4. The quantitative estimate of drug-likeness (QED) is 0.930. The molecule has 0 radical (unpaired) electrons. The third kappa shape index (κ3) is 3.21. The number of aryl methyl sites for hydroxylation is 1. The first-order valence-electron chi connectivity index (χ1n) is 6.23.